The lowest BCUT2D eigenvalue weighted by molar-refractivity contribution is -0.255. The van der Waals surface area contributed by atoms with Crippen molar-refractivity contribution in [2.24, 2.45) is 10.8 Å². The molecule has 0 spiro atoms. The number of nitrogens with zero attached hydrogens (tertiary/aromatic N) is 1. The van der Waals surface area contributed by atoms with E-state index in [-0.39, 0.29) is 27.7 Å². The zero-order valence-electron chi connectivity index (χ0n) is 10.3. The molecule has 0 saturated carbocycles. The summed E-state index contributed by atoms with van der Waals surface area (Å²) in [6.07, 6.45) is 1.24. The number of carbonyl (C=O) groups is 1. The van der Waals surface area contributed by atoms with E-state index in [9.17, 15) is 9.90 Å². The maximum atomic E-state index is 11.2. The summed E-state index contributed by atoms with van der Waals surface area (Å²) in [7, 11) is 2.73. The fourth-order valence-corrected chi connectivity index (χ4v) is 1.48. The Labute approximate surface area is 115 Å². The molecule has 0 radical (unpaired) electrons. The maximum absolute atomic E-state index is 11.2. The normalized spacial score (nSPS) is 10.2. The number of nitrogens with one attached hydrogen (secondary N) is 1. The van der Waals surface area contributed by atoms with Crippen molar-refractivity contribution in [3.05, 3.63) is 23.3 Å². The Kier molecular flexibility index (Phi) is 5.07. The number of hydrogen-bond acceptors (Lipinski definition) is 6. The number of carbonyl (C=O) groups excluding carboxylic acids is 1. The van der Waals surface area contributed by atoms with Gasteiger partial charge in [0.05, 0.1) is 32.0 Å². The van der Waals surface area contributed by atoms with Crippen molar-refractivity contribution in [1.82, 2.24) is 5.43 Å². The van der Waals surface area contributed by atoms with E-state index in [1.54, 1.807) is 6.07 Å². The van der Waals surface area contributed by atoms with Crippen LogP contribution in [0.2, 0.25) is 0 Å². The molecule has 0 saturated heterocycles. The first-order valence-electron chi connectivity index (χ1n) is 5.06. The second kappa shape index (κ2) is 6.55. The van der Waals surface area contributed by atoms with Crippen LogP contribution in [0.3, 0.4) is 0 Å². The van der Waals surface area contributed by atoms with Crippen LogP contribution >= 0.6 is 12.2 Å². The van der Waals surface area contributed by atoms with Crippen LogP contribution in [-0.4, -0.2) is 31.5 Å². The minimum atomic E-state index is -1.41. The predicted octanol–water partition coefficient (Wildman–Crippen LogP) is -0.766. The summed E-state index contributed by atoms with van der Waals surface area (Å²) in [5.74, 6) is -1.07. The van der Waals surface area contributed by atoms with Gasteiger partial charge in [-0.1, -0.05) is 0 Å². The Morgan fingerprint density at radius 1 is 1.47 bits per heavy atom. The summed E-state index contributed by atoms with van der Waals surface area (Å²) in [5, 5.41) is 14.8. The maximum Gasteiger partial charge on any atom is 0.184 e. The van der Waals surface area contributed by atoms with Gasteiger partial charge in [-0.25, -0.2) is 0 Å². The van der Waals surface area contributed by atoms with Crippen LogP contribution < -0.4 is 25.7 Å². The van der Waals surface area contributed by atoms with Gasteiger partial charge in [0.15, 0.2) is 16.6 Å². The summed E-state index contributed by atoms with van der Waals surface area (Å²) >= 11 is 4.56. The molecule has 0 atom stereocenters. The number of carboxylic acid groups (broad SMARTS) is 1. The zero-order chi connectivity index (χ0) is 14.4. The summed E-state index contributed by atoms with van der Waals surface area (Å²) in [5.41, 5.74) is 7.60. The highest BCUT2D eigenvalue weighted by Gasteiger charge is 2.14. The number of rotatable bonds is 5. The molecule has 19 heavy (non-hydrogen) atoms. The van der Waals surface area contributed by atoms with Gasteiger partial charge in [-0.15, -0.1) is 0 Å². The Morgan fingerprint density at radius 2 is 2.16 bits per heavy atom. The van der Waals surface area contributed by atoms with Crippen molar-refractivity contribution < 1.29 is 19.4 Å². The molecule has 0 fully saturated rings. The minimum absolute atomic E-state index is 0.0354. The largest absolute Gasteiger partial charge is 0.545 e. The van der Waals surface area contributed by atoms with Gasteiger partial charge in [0.1, 0.15) is 0 Å². The van der Waals surface area contributed by atoms with Gasteiger partial charge < -0.3 is 25.1 Å². The highest BCUT2D eigenvalue weighted by Crippen LogP contribution is 2.32. The van der Waals surface area contributed by atoms with Gasteiger partial charge in [-0.3, -0.25) is 5.43 Å². The third-order valence-corrected chi connectivity index (χ3v) is 2.25. The Morgan fingerprint density at radius 3 is 2.63 bits per heavy atom. The van der Waals surface area contributed by atoms with E-state index in [2.05, 4.69) is 22.7 Å². The van der Waals surface area contributed by atoms with E-state index >= 15 is 0 Å². The predicted molar refractivity (Wildman–Crippen MR) is 71.4 cm³/mol. The van der Waals surface area contributed by atoms with Crippen LogP contribution in [0, 0.1) is 0 Å². The van der Waals surface area contributed by atoms with Crippen LogP contribution in [0.25, 0.3) is 0 Å². The molecule has 3 N–H and O–H groups in total. The number of carboxylic acids is 1. The van der Waals surface area contributed by atoms with E-state index in [0.717, 1.165) is 0 Å². The molecule has 8 heteroatoms. The van der Waals surface area contributed by atoms with Crippen LogP contribution in [0.4, 0.5) is 0 Å². The molecule has 0 aliphatic heterocycles. The van der Waals surface area contributed by atoms with Crippen molar-refractivity contribution in [3.8, 4) is 11.5 Å². The average molecular weight is 282 g/mol. The molecule has 0 aliphatic carbocycles. The monoisotopic (exact) mass is 282 g/mol. The molecule has 102 valence electrons. The summed E-state index contributed by atoms with van der Waals surface area (Å²) in [6, 6.07) is 3.05. The number of hydrazone groups is 1. The molecule has 7 nitrogen and oxygen atoms in total. The first-order valence-corrected chi connectivity index (χ1v) is 5.47. The van der Waals surface area contributed by atoms with Gasteiger partial charge in [-0.05, 0) is 24.4 Å². The molecule has 0 heterocycles. The van der Waals surface area contributed by atoms with Crippen LogP contribution in [0.5, 0.6) is 11.5 Å². The summed E-state index contributed by atoms with van der Waals surface area (Å²) in [4.78, 5) is 11.2. The topological polar surface area (TPSA) is 109 Å². The smallest absolute Gasteiger partial charge is 0.184 e. The molecule has 0 bridgehead atoms. The van der Waals surface area contributed by atoms with Crippen LogP contribution in [0.15, 0.2) is 17.2 Å². The molecule has 1 rings (SSSR count). The standard InChI is InChI=1S/C11H13N3O4S/c1-17-7-4-3-6(5-13-14-11(12)19)8(10(15)16)9(7)18-2/h3-5H,1-2H3,(H,15,16)(H3,12,14,19)/p-1/b13-5-. The van der Waals surface area contributed by atoms with Crippen LogP contribution in [0.1, 0.15) is 15.9 Å². The zero-order valence-corrected chi connectivity index (χ0v) is 11.1. The van der Waals surface area contributed by atoms with E-state index < -0.39 is 5.97 Å². The van der Waals surface area contributed by atoms with Crippen molar-refractivity contribution in [1.29, 1.82) is 0 Å². The lowest BCUT2D eigenvalue weighted by atomic mass is 10.1. The number of hydrogen-bond donors (Lipinski definition) is 2. The van der Waals surface area contributed by atoms with Crippen LogP contribution in [-0.2, 0) is 0 Å². The average Bonchev–Trinajstić information content (AvgIpc) is 2.37. The molecule has 1 aromatic rings. The third-order valence-electron chi connectivity index (χ3n) is 2.16. The molecular formula is C11H12N3O4S-. The number of thiocarbonyl (C=S) groups is 1. The van der Waals surface area contributed by atoms with Crippen molar-refractivity contribution in [2.75, 3.05) is 14.2 Å². The Bertz CT molecular complexity index is 531. The van der Waals surface area contributed by atoms with Gasteiger partial charge in [0.25, 0.3) is 0 Å². The summed E-state index contributed by atoms with van der Waals surface area (Å²) in [6.45, 7) is 0. The fraction of sp³-hybridized carbons (Fsp3) is 0.182. The molecule has 1 aromatic carbocycles. The lowest BCUT2D eigenvalue weighted by Crippen LogP contribution is -2.26. The number of ether oxygens (including phenoxy) is 2. The van der Waals surface area contributed by atoms with E-state index in [1.165, 1.54) is 26.5 Å². The molecular weight excluding hydrogens is 270 g/mol. The van der Waals surface area contributed by atoms with Crippen molar-refractivity contribution in [3.63, 3.8) is 0 Å². The van der Waals surface area contributed by atoms with E-state index in [1.807, 2.05) is 0 Å². The first-order chi connectivity index (χ1) is 9.01. The number of methoxy groups -OCH3 is 2. The quantitative estimate of drug-likeness (QED) is 0.415. The third kappa shape index (κ3) is 3.55. The van der Waals surface area contributed by atoms with Gasteiger partial charge in [0, 0.05) is 5.56 Å². The first kappa shape index (κ1) is 14.7. The molecule has 0 amide bonds. The van der Waals surface area contributed by atoms with Crippen molar-refractivity contribution in [2.45, 2.75) is 0 Å². The molecule has 0 aromatic heterocycles. The Balaban J connectivity index is 3.28. The highest BCUT2D eigenvalue weighted by molar-refractivity contribution is 7.80. The second-order valence-electron chi connectivity index (χ2n) is 3.29. The molecule has 0 unspecified atom stereocenters. The van der Waals surface area contributed by atoms with Gasteiger partial charge in [-0.2, -0.15) is 5.10 Å². The number of nitrogens with two attached hydrogens (primary N) is 1. The highest BCUT2D eigenvalue weighted by atomic mass is 32.1. The molecule has 0 aliphatic rings. The minimum Gasteiger partial charge on any atom is -0.545 e. The Hall–Kier alpha value is -2.35. The van der Waals surface area contributed by atoms with E-state index in [0.29, 0.717) is 0 Å². The number of aromatic carboxylic acids is 1. The SMILES string of the molecule is COc1ccc(/C=N\NC(N)=S)c(C(=O)[O-])c1OC. The second-order valence-corrected chi connectivity index (χ2v) is 3.73. The van der Waals surface area contributed by atoms with Gasteiger partial charge >= 0.3 is 0 Å². The number of benzene rings is 1. The van der Waals surface area contributed by atoms with Gasteiger partial charge in [0.2, 0.25) is 0 Å². The van der Waals surface area contributed by atoms with E-state index in [4.69, 9.17) is 15.2 Å². The fourth-order valence-electron chi connectivity index (χ4n) is 1.43. The summed E-state index contributed by atoms with van der Waals surface area (Å²) < 4.78 is 10.0. The van der Waals surface area contributed by atoms with Crippen molar-refractivity contribution >= 4 is 29.5 Å². The lowest BCUT2D eigenvalue weighted by Gasteiger charge is -2.15.